The molecule has 1 aromatic rings. The lowest BCUT2D eigenvalue weighted by atomic mass is 10.0. The molecule has 0 aliphatic heterocycles. The number of benzene rings is 1. The van der Waals surface area contributed by atoms with Gasteiger partial charge in [0, 0.05) is 6.07 Å². The van der Waals surface area contributed by atoms with E-state index in [4.69, 9.17) is 10.8 Å². The Morgan fingerprint density at radius 2 is 1.84 bits per heavy atom. The highest BCUT2D eigenvalue weighted by Crippen LogP contribution is 2.20. The van der Waals surface area contributed by atoms with E-state index in [0.717, 1.165) is 6.07 Å². The molecule has 1 aromatic carbocycles. The minimum atomic E-state index is -1.55. The van der Waals surface area contributed by atoms with E-state index in [1.807, 2.05) is 0 Å². The van der Waals surface area contributed by atoms with Crippen LogP contribution >= 0.6 is 0 Å². The first-order chi connectivity index (χ1) is 8.73. The van der Waals surface area contributed by atoms with E-state index in [1.54, 1.807) is 13.8 Å². The van der Waals surface area contributed by atoms with Crippen molar-refractivity contribution in [2.45, 2.75) is 19.9 Å². The number of carboxylic acids is 1. The smallest absolute Gasteiger partial charge is 0.338 e. The van der Waals surface area contributed by atoms with Gasteiger partial charge in [0.05, 0.1) is 17.3 Å². The molecule has 0 saturated carbocycles. The molecule has 0 bridgehead atoms. The molecule has 1 amide bonds. The van der Waals surface area contributed by atoms with Crippen molar-refractivity contribution in [2.24, 2.45) is 11.7 Å². The second-order valence-corrected chi connectivity index (χ2v) is 4.38. The van der Waals surface area contributed by atoms with Crippen LogP contribution in [-0.4, -0.2) is 23.0 Å². The standard InChI is InChI=1S/C12H14F2N2O3/c1-5(2)10(15)11(17)16-9-3-6(12(18)19)7(13)4-8(9)14/h3-5,10H,15H2,1-2H3,(H,16,17)(H,18,19). The fourth-order valence-electron chi connectivity index (χ4n) is 1.33. The molecular formula is C12H14F2N2O3. The monoisotopic (exact) mass is 272 g/mol. The summed E-state index contributed by atoms with van der Waals surface area (Å²) in [6.07, 6.45) is 0. The maximum absolute atomic E-state index is 13.4. The van der Waals surface area contributed by atoms with Gasteiger partial charge in [-0.1, -0.05) is 13.8 Å². The number of halogens is 2. The summed E-state index contributed by atoms with van der Waals surface area (Å²) in [5, 5.41) is 10.9. The lowest BCUT2D eigenvalue weighted by Gasteiger charge is -2.16. The number of carbonyl (C=O) groups excluding carboxylic acids is 1. The second kappa shape index (κ2) is 5.75. The van der Waals surface area contributed by atoms with Crippen LogP contribution in [0.3, 0.4) is 0 Å². The Kier molecular flexibility index (Phi) is 4.55. The molecule has 1 unspecified atom stereocenters. The summed E-state index contributed by atoms with van der Waals surface area (Å²) in [4.78, 5) is 22.3. The van der Waals surface area contributed by atoms with Gasteiger partial charge in [-0.2, -0.15) is 0 Å². The topological polar surface area (TPSA) is 92.4 Å². The van der Waals surface area contributed by atoms with E-state index < -0.39 is 40.8 Å². The third kappa shape index (κ3) is 3.47. The zero-order valence-electron chi connectivity index (χ0n) is 10.4. The van der Waals surface area contributed by atoms with Gasteiger partial charge in [0.2, 0.25) is 5.91 Å². The number of hydrogen-bond acceptors (Lipinski definition) is 3. The molecule has 0 heterocycles. The van der Waals surface area contributed by atoms with Crippen LogP contribution in [0.4, 0.5) is 14.5 Å². The van der Waals surface area contributed by atoms with E-state index >= 15 is 0 Å². The molecule has 5 nitrogen and oxygen atoms in total. The summed E-state index contributed by atoms with van der Waals surface area (Å²) in [5.41, 5.74) is 4.42. The number of aromatic carboxylic acids is 1. The van der Waals surface area contributed by atoms with Crippen molar-refractivity contribution in [1.82, 2.24) is 0 Å². The van der Waals surface area contributed by atoms with Crippen molar-refractivity contribution >= 4 is 17.6 Å². The van der Waals surface area contributed by atoms with E-state index in [9.17, 15) is 18.4 Å². The fraction of sp³-hybridized carbons (Fsp3) is 0.333. The van der Waals surface area contributed by atoms with Crippen molar-refractivity contribution < 1.29 is 23.5 Å². The van der Waals surface area contributed by atoms with Gasteiger partial charge in [0.1, 0.15) is 11.6 Å². The van der Waals surface area contributed by atoms with Gasteiger partial charge < -0.3 is 16.2 Å². The van der Waals surface area contributed by atoms with E-state index in [2.05, 4.69) is 5.32 Å². The van der Waals surface area contributed by atoms with Gasteiger partial charge in [0.15, 0.2) is 0 Å². The van der Waals surface area contributed by atoms with Crippen LogP contribution in [0.15, 0.2) is 12.1 Å². The van der Waals surface area contributed by atoms with E-state index in [1.165, 1.54) is 0 Å². The predicted molar refractivity (Wildman–Crippen MR) is 64.8 cm³/mol. The normalized spacial score (nSPS) is 12.3. The van der Waals surface area contributed by atoms with Crippen LogP contribution < -0.4 is 11.1 Å². The number of nitrogens with two attached hydrogens (primary N) is 1. The van der Waals surface area contributed by atoms with Crippen molar-refractivity contribution in [3.05, 3.63) is 29.3 Å². The van der Waals surface area contributed by atoms with Crippen LogP contribution in [-0.2, 0) is 4.79 Å². The van der Waals surface area contributed by atoms with Gasteiger partial charge in [-0.3, -0.25) is 4.79 Å². The molecular weight excluding hydrogens is 258 g/mol. The van der Waals surface area contributed by atoms with Crippen molar-refractivity contribution in [3.63, 3.8) is 0 Å². The van der Waals surface area contributed by atoms with Crippen molar-refractivity contribution in [3.8, 4) is 0 Å². The molecule has 1 rings (SSSR count). The highest BCUT2D eigenvalue weighted by Gasteiger charge is 2.21. The van der Waals surface area contributed by atoms with Gasteiger partial charge in [-0.05, 0) is 12.0 Å². The average molecular weight is 272 g/mol. The molecule has 0 aliphatic rings. The number of carboxylic acid groups (broad SMARTS) is 1. The van der Waals surface area contributed by atoms with Crippen LogP contribution in [0.5, 0.6) is 0 Å². The summed E-state index contributed by atoms with van der Waals surface area (Å²) in [6.45, 7) is 3.40. The lowest BCUT2D eigenvalue weighted by Crippen LogP contribution is -2.40. The summed E-state index contributed by atoms with van der Waals surface area (Å²) in [6, 6.07) is 0.246. The third-order valence-electron chi connectivity index (χ3n) is 2.57. The van der Waals surface area contributed by atoms with Gasteiger partial charge >= 0.3 is 5.97 Å². The van der Waals surface area contributed by atoms with Crippen LogP contribution in [0.2, 0.25) is 0 Å². The SMILES string of the molecule is CC(C)C(N)C(=O)Nc1cc(C(=O)O)c(F)cc1F. The minimum absolute atomic E-state index is 0.178. The van der Waals surface area contributed by atoms with Gasteiger partial charge in [-0.15, -0.1) is 0 Å². The minimum Gasteiger partial charge on any atom is -0.478 e. The van der Waals surface area contributed by atoms with Crippen molar-refractivity contribution in [1.29, 1.82) is 0 Å². The Morgan fingerprint density at radius 3 is 2.32 bits per heavy atom. The molecule has 4 N–H and O–H groups in total. The number of nitrogens with one attached hydrogen (secondary N) is 1. The average Bonchev–Trinajstić information content (AvgIpc) is 2.30. The van der Waals surface area contributed by atoms with E-state index in [0.29, 0.717) is 6.07 Å². The Bertz CT molecular complexity index is 518. The van der Waals surface area contributed by atoms with Crippen LogP contribution in [0.1, 0.15) is 24.2 Å². The highest BCUT2D eigenvalue weighted by molar-refractivity contribution is 5.96. The Labute approximate surface area is 108 Å². The molecule has 0 radical (unpaired) electrons. The van der Waals surface area contributed by atoms with Crippen LogP contribution in [0.25, 0.3) is 0 Å². The molecule has 0 spiro atoms. The number of amides is 1. The number of rotatable bonds is 4. The summed E-state index contributed by atoms with van der Waals surface area (Å²) < 4.78 is 26.6. The number of hydrogen-bond donors (Lipinski definition) is 3. The quantitative estimate of drug-likeness (QED) is 0.776. The molecule has 0 aromatic heterocycles. The molecule has 1 atom stereocenters. The first kappa shape index (κ1) is 15.0. The predicted octanol–water partition coefficient (Wildman–Crippen LogP) is 1.58. The Balaban J connectivity index is 3.05. The molecule has 104 valence electrons. The van der Waals surface area contributed by atoms with Gasteiger partial charge in [0.25, 0.3) is 0 Å². The molecule has 0 aliphatic carbocycles. The van der Waals surface area contributed by atoms with Crippen LogP contribution in [0, 0.1) is 17.6 Å². The summed E-state index contributed by atoms with van der Waals surface area (Å²) in [7, 11) is 0. The first-order valence-electron chi connectivity index (χ1n) is 5.52. The zero-order chi connectivity index (χ0) is 14.7. The van der Waals surface area contributed by atoms with Crippen molar-refractivity contribution in [2.75, 3.05) is 5.32 Å². The molecule has 0 fully saturated rings. The Hall–Kier alpha value is -2.02. The Morgan fingerprint density at radius 1 is 1.26 bits per heavy atom. The summed E-state index contributed by atoms with van der Waals surface area (Å²) >= 11 is 0. The molecule has 19 heavy (non-hydrogen) atoms. The molecule has 0 saturated heterocycles. The molecule has 7 heteroatoms. The second-order valence-electron chi connectivity index (χ2n) is 4.38. The number of carbonyl (C=O) groups is 2. The van der Waals surface area contributed by atoms with E-state index in [-0.39, 0.29) is 5.92 Å². The first-order valence-corrected chi connectivity index (χ1v) is 5.52. The fourth-order valence-corrected chi connectivity index (χ4v) is 1.33. The maximum atomic E-state index is 13.4. The summed E-state index contributed by atoms with van der Waals surface area (Å²) in [5.74, 6) is -4.68. The zero-order valence-corrected chi connectivity index (χ0v) is 10.4. The third-order valence-corrected chi connectivity index (χ3v) is 2.57. The van der Waals surface area contributed by atoms with Gasteiger partial charge in [-0.25, -0.2) is 13.6 Å². The largest absolute Gasteiger partial charge is 0.478 e. The maximum Gasteiger partial charge on any atom is 0.338 e. The number of anilines is 1. The lowest BCUT2D eigenvalue weighted by molar-refractivity contribution is -0.118. The highest BCUT2D eigenvalue weighted by atomic mass is 19.1.